The second-order valence-corrected chi connectivity index (χ2v) is 6.59. The van der Waals surface area contributed by atoms with Crippen molar-refractivity contribution in [2.24, 2.45) is 5.92 Å². The second-order valence-electron chi connectivity index (χ2n) is 4.88. The van der Waals surface area contributed by atoms with Gasteiger partial charge in [-0.3, -0.25) is 0 Å². The van der Waals surface area contributed by atoms with Crippen molar-refractivity contribution in [1.29, 1.82) is 0 Å². The molecule has 0 amide bonds. The van der Waals surface area contributed by atoms with Gasteiger partial charge in [0.2, 0.25) is 10.0 Å². The van der Waals surface area contributed by atoms with Gasteiger partial charge >= 0.3 is 0 Å². The Kier molecular flexibility index (Phi) is 4.52. The maximum absolute atomic E-state index is 12.3. The van der Waals surface area contributed by atoms with Crippen LogP contribution in [0.1, 0.15) is 13.8 Å². The normalized spacial score (nSPS) is 17.6. The maximum atomic E-state index is 12.3. The van der Waals surface area contributed by atoms with Gasteiger partial charge in [0.1, 0.15) is 13.2 Å². The van der Waals surface area contributed by atoms with Crippen LogP contribution in [-0.4, -0.2) is 39.4 Å². The molecule has 2 rings (SSSR count). The Bertz CT molecular complexity index is 572. The summed E-state index contributed by atoms with van der Waals surface area (Å²) in [6.07, 6.45) is 0. The number of benzene rings is 1. The van der Waals surface area contributed by atoms with Crippen molar-refractivity contribution in [3.8, 4) is 11.5 Å². The Morgan fingerprint density at radius 3 is 2.55 bits per heavy atom. The number of sulfonamides is 1. The highest BCUT2D eigenvalue weighted by Crippen LogP contribution is 2.32. The van der Waals surface area contributed by atoms with Crippen molar-refractivity contribution in [2.45, 2.75) is 24.8 Å². The number of hydrogen-bond acceptors (Lipinski definition) is 5. The number of ether oxygens (including phenoxy) is 2. The quantitative estimate of drug-likeness (QED) is 0.838. The van der Waals surface area contributed by atoms with E-state index in [4.69, 9.17) is 14.6 Å². The van der Waals surface area contributed by atoms with Gasteiger partial charge in [0.15, 0.2) is 11.5 Å². The Balaban J connectivity index is 2.21. The van der Waals surface area contributed by atoms with E-state index in [-0.39, 0.29) is 23.5 Å². The third-order valence-corrected chi connectivity index (χ3v) is 4.86. The van der Waals surface area contributed by atoms with Crippen molar-refractivity contribution in [3.05, 3.63) is 18.2 Å². The van der Waals surface area contributed by atoms with Crippen LogP contribution in [0.4, 0.5) is 0 Å². The van der Waals surface area contributed by atoms with Crippen molar-refractivity contribution < 1.29 is 23.0 Å². The zero-order valence-corrected chi connectivity index (χ0v) is 12.3. The van der Waals surface area contributed by atoms with E-state index < -0.39 is 10.0 Å². The monoisotopic (exact) mass is 301 g/mol. The molecule has 0 spiro atoms. The lowest BCUT2D eigenvalue weighted by molar-refractivity contribution is 0.171. The van der Waals surface area contributed by atoms with Crippen molar-refractivity contribution in [3.63, 3.8) is 0 Å². The fourth-order valence-corrected chi connectivity index (χ4v) is 3.15. The molecule has 0 radical (unpaired) electrons. The van der Waals surface area contributed by atoms with Crippen LogP contribution in [0.2, 0.25) is 0 Å². The SMILES string of the molecule is CC(CO)C(C)NS(=O)(=O)c1ccc2c(c1)OCCO2. The molecule has 20 heavy (non-hydrogen) atoms. The van der Waals surface area contributed by atoms with E-state index in [1.54, 1.807) is 19.9 Å². The van der Waals surface area contributed by atoms with Gasteiger partial charge in [-0.2, -0.15) is 0 Å². The average Bonchev–Trinajstić information content (AvgIpc) is 2.45. The largest absolute Gasteiger partial charge is 0.486 e. The molecule has 7 heteroatoms. The highest BCUT2D eigenvalue weighted by molar-refractivity contribution is 7.89. The molecule has 1 aromatic carbocycles. The van der Waals surface area contributed by atoms with Gasteiger partial charge in [0.25, 0.3) is 0 Å². The van der Waals surface area contributed by atoms with Gasteiger partial charge < -0.3 is 14.6 Å². The lowest BCUT2D eigenvalue weighted by Gasteiger charge is -2.21. The van der Waals surface area contributed by atoms with E-state index in [1.165, 1.54) is 12.1 Å². The molecule has 6 nitrogen and oxygen atoms in total. The van der Waals surface area contributed by atoms with Crippen LogP contribution in [0.15, 0.2) is 23.1 Å². The molecular weight excluding hydrogens is 282 g/mol. The Hall–Kier alpha value is -1.31. The van der Waals surface area contributed by atoms with Crippen molar-refractivity contribution >= 4 is 10.0 Å². The lowest BCUT2D eigenvalue weighted by Crippen LogP contribution is -2.38. The topological polar surface area (TPSA) is 84.9 Å². The van der Waals surface area contributed by atoms with Gasteiger partial charge in [-0.25, -0.2) is 13.1 Å². The smallest absolute Gasteiger partial charge is 0.240 e. The van der Waals surface area contributed by atoms with E-state index in [0.717, 1.165) is 0 Å². The molecule has 0 saturated carbocycles. The van der Waals surface area contributed by atoms with Crippen molar-refractivity contribution in [2.75, 3.05) is 19.8 Å². The summed E-state index contributed by atoms with van der Waals surface area (Å²) >= 11 is 0. The summed E-state index contributed by atoms with van der Waals surface area (Å²) in [5.74, 6) is 0.816. The summed E-state index contributed by atoms with van der Waals surface area (Å²) in [6.45, 7) is 4.28. The van der Waals surface area contributed by atoms with E-state index in [2.05, 4.69) is 4.72 Å². The molecule has 0 fully saturated rings. The molecule has 1 aliphatic rings. The molecule has 2 unspecified atom stereocenters. The first-order valence-electron chi connectivity index (χ1n) is 6.47. The van der Waals surface area contributed by atoms with Gasteiger partial charge in [0.05, 0.1) is 4.90 Å². The summed E-state index contributed by atoms with van der Waals surface area (Å²) < 4.78 is 37.8. The minimum atomic E-state index is -3.64. The molecule has 1 aliphatic heterocycles. The van der Waals surface area contributed by atoms with Crippen molar-refractivity contribution in [1.82, 2.24) is 4.72 Å². The van der Waals surface area contributed by atoms with Crippen LogP contribution in [0, 0.1) is 5.92 Å². The summed E-state index contributed by atoms with van der Waals surface area (Å²) in [7, 11) is -3.64. The van der Waals surface area contributed by atoms with Crippen LogP contribution in [0.3, 0.4) is 0 Å². The molecule has 1 heterocycles. The van der Waals surface area contributed by atoms with Crippen LogP contribution in [0.25, 0.3) is 0 Å². The van der Waals surface area contributed by atoms with E-state index >= 15 is 0 Å². The fraction of sp³-hybridized carbons (Fsp3) is 0.538. The molecule has 0 bridgehead atoms. The third-order valence-electron chi connectivity index (χ3n) is 3.31. The van der Waals surface area contributed by atoms with Gasteiger partial charge in [-0.05, 0) is 25.0 Å². The van der Waals surface area contributed by atoms with E-state index in [1.807, 2.05) is 0 Å². The van der Waals surface area contributed by atoms with Crippen LogP contribution in [-0.2, 0) is 10.0 Å². The third kappa shape index (κ3) is 3.23. The lowest BCUT2D eigenvalue weighted by atomic mass is 10.1. The molecule has 112 valence electrons. The number of nitrogens with one attached hydrogen (secondary N) is 1. The highest BCUT2D eigenvalue weighted by Gasteiger charge is 2.23. The van der Waals surface area contributed by atoms with Crippen LogP contribution < -0.4 is 14.2 Å². The first-order valence-corrected chi connectivity index (χ1v) is 7.95. The molecule has 2 atom stereocenters. The standard InChI is InChI=1S/C13H19NO5S/c1-9(8-15)10(2)14-20(16,17)11-3-4-12-13(7-11)19-6-5-18-12/h3-4,7,9-10,14-15H,5-6,8H2,1-2H3. The molecule has 2 N–H and O–H groups in total. The van der Waals surface area contributed by atoms with Crippen LogP contribution >= 0.6 is 0 Å². The molecule has 0 saturated heterocycles. The zero-order chi connectivity index (χ0) is 14.8. The number of aliphatic hydroxyl groups excluding tert-OH is 1. The van der Waals surface area contributed by atoms with Gasteiger partial charge in [-0.15, -0.1) is 0 Å². The van der Waals surface area contributed by atoms with E-state index in [0.29, 0.717) is 24.7 Å². The fourth-order valence-electron chi connectivity index (χ4n) is 1.78. The minimum Gasteiger partial charge on any atom is -0.486 e. The molecule has 1 aromatic rings. The summed E-state index contributed by atoms with van der Waals surface area (Å²) in [4.78, 5) is 0.124. The van der Waals surface area contributed by atoms with Gasteiger partial charge in [0, 0.05) is 18.7 Å². The Morgan fingerprint density at radius 1 is 1.25 bits per heavy atom. The predicted octanol–water partition coefficient (Wildman–Crippen LogP) is 0.753. The number of aliphatic hydroxyl groups is 1. The van der Waals surface area contributed by atoms with Gasteiger partial charge in [-0.1, -0.05) is 6.92 Å². The summed E-state index contributed by atoms with van der Waals surface area (Å²) in [6, 6.07) is 4.15. The Morgan fingerprint density at radius 2 is 1.90 bits per heavy atom. The van der Waals surface area contributed by atoms with Crippen LogP contribution in [0.5, 0.6) is 11.5 Å². The summed E-state index contributed by atoms with van der Waals surface area (Å²) in [5, 5.41) is 9.06. The first kappa shape index (κ1) is 15.1. The highest BCUT2D eigenvalue weighted by atomic mass is 32.2. The first-order chi connectivity index (χ1) is 9.44. The number of fused-ring (bicyclic) bond motifs is 1. The maximum Gasteiger partial charge on any atom is 0.240 e. The zero-order valence-electron chi connectivity index (χ0n) is 11.5. The number of hydrogen-bond donors (Lipinski definition) is 2. The molecule has 0 aliphatic carbocycles. The second kappa shape index (κ2) is 5.99. The molecule has 0 aromatic heterocycles. The predicted molar refractivity (Wildman–Crippen MR) is 73.5 cm³/mol. The van der Waals surface area contributed by atoms with E-state index in [9.17, 15) is 8.42 Å². The number of rotatable bonds is 5. The Labute approximate surface area is 118 Å². The minimum absolute atomic E-state index is 0.0785. The average molecular weight is 301 g/mol. The molecular formula is C13H19NO5S. The summed E-state index contributed by atoms with van der Waals surface area (Å²) in [5.41, 5.74) is 0.